The molecule has 0 spiro atoms. The van der Waals surface area contributed by atoms with Gasteiger partial charge < -0.3 is 11.1 Å². The van der Waals surface area contributed by atoms with E-state index in [1.165, 1.54) is 0 Å². The molecular formula is C16H17N3OS. The minimum Gasteiger partial charge on any atom is -0.346 e. The fraction of sp³-hybridized carbons (Fsp3) is 0.250. The van der Waals surface area contributed by atoms with Gasteiger partial charge in [0.05, 0.1) is 13.1 Å². The topological polar surface area (TPSA) is 68.0 Å². The largest absolute Gasteiger partial charge is 0.346 e. The summed E-state index contributed by atoms with van der Waals surface area (Å²) in [6.07, 6.45) is 1.81. The van der Waals surface area contributed by atoms with Crippen LogP contribution in [0.3, 0.4) is 0 Å². The third-order valence-electron chi connectivity index (χ3n) is 2.88. The maximum Gasteiger partial charge on any atom is 0.251 e. The predicted octanol–water partition coefficient (Wildman–Crippen LogP) is 2.00. The van der Waals surface area contributed by atoms with Crippen molar-refractivity contribution in [1.29, 1.82) is 0 Å². The Hall–Kier alpha value is -2.16. The van der Waals surface area contributed by atoms with Crippen LogP contribution in [0.1, 0.15) is 31.4 Å². The van der Waals surface area contributed by atoms with E-state index in [4.69, 9.17) is 5.73 Å². The zero-order valence-corrected chi connectivity index (χ0v) is 12.9. The van der Waals surface area contributed by atoms with Gasteiger partial charge in [-0.2, -0.15) is 0 Å². The number of hydrogen-bond donors (Lipinski definition) is 2. The van der Waals surface area contributed by atoms with Gasteiger partial charge in [0.2, 0.25) is 0 Å². The van der Waals surface area contributed by atoms with Crippen LogP contribution in [0.4, 0.5) is 0 Å². The monoisotopic (exact) mass is 299 g/mol. The summed E-state index contributed by atoms with van der Waals surface area (Å²) in [5.41, 5.74) is 7.84. The summed E-state index contributed by atoms with van der Waals surface area (Å²) in [5, 5.41) is 3.78. The Morgan fingerprint density at radius 2 is 2.24 bits per heavy atom. The molecule has 108 valence electrons. The molecule has 0 atom stereocenters. The number of nitrogens with zero attached hydrogens (tertiary/aromatic N) is 1. The third-order valence-corrected chi connectivity index (χ3v) is 3.80. The third kappa shape index (κ3) is 4.15. The Kier molecular flexibility index (Phi) is 5.09. The van der Waals surface area contributed by atoms with Crippen molar-refractivity contribution in [2.75, 3.05) is 6.54 Å². The highest BCUT2D eigenvalue weighted by Crippen LogP contribution is 2.12. The molecule has 2 aromatic rings. The number of aryl methyl sites for hydroxylation is 2. The lowest BCUT2D eigenvalue weighted by Crippen LogP contribution is -2.22. The lowest BCUT2D eigenvalue weighted by molar-refractivity contribution is 0.0951. The van der Waals surface area contributed by atoms with Crippen LogP contribution in [0, 0.1) is 25.7 Å². The average Bonchev–Trinajstić information content (AvgIpc) is 2.89. The zero-order chi connectivity index (χ0) is 15.2. The van der Waals surface area contributed by atoms with Gasteiger partial charge >= 0.3 is 0 Å². The van der Waals surface area contributed by atoms with E-state index in [9.17, 15) is 4.79 Å². The molecule has 21 heavy (non-hydrogen) atoms. The molecule has 1 heterocycles. The summed E-state index contributed by atoms with van der Waals surface area (Å²) in [4.78, 5) is 17.5. The van der Waals surface area contributed by atoms with E-state index in [2.05, 4.69) is 22.1 Å². The van der Waals surface area contributed by atoms with Gasteiger partial charge in [-0.15, -0.1) is 11.3 Å². The fourth-order valence-electron chi connectivity index (χ4n) is 1.83. The van der Waals surface area contributed by atoms with Crippen LogP contribution in [-0.2, 0) is 6.54 Å². The molecule has 0 saturated carbocycles. The standard InChI is InChI=1S/C16H17N3OS/c1-11-8-14(6-5-13(11)4-3-7-17)16(20)19-10-15-18-9-12(2)21-15/h5-6,8-9H,7,10,17H2,1-2H3,(H,19,20). The summed E-state index contributed by atoms with van der Waals surface area (Å²) in [6.45, 7) is 4.70. The Bertz CT molecular complexity index is 710. The van der Waals surface area contributed by atoms with Gasteiger partial charge in [0.25, 0.3) is 5.91 Å². The van der Waals surface area contributed by atoms with Crippen LogP contribution < -0.4 is 11.1 Å². The highest BCUT2D eigenvalue weighted by Gasteiger charge is 2.08. The van der Waals surface area contributed by atoms with E-state index < -0.39 is 0 Å². The number of carbonyl (C=O) groups excluding carboxylic acids is 1. The molecule has 0 radical (unpaired) electrons. The van der Waals surface area contributed by atoms with E-state index in [-0.39, 0.29) is 5.91 Å². The summed E-state index contributed by atoms with van der Waals surface area (Å²) >= 11 is 1.58. The van der Waals surface area contributed by atoms with Crippen LogP contribution in [0.25, 0.3) is 0 Å². The Labute approximate surface area is 128 Å². The first-order valence-corrected chi connectivity index (χ1v) is 7.41. The Morgan fingerprint density at radius 1 is 1.43 bits per heavy atom. The van der Waals surface area contributed by atoms with E-state index in [1.807, 2.05) is 26.0 Å². The number of aromatic nitrogens is 1. The quantitative estimate of drug-likeness (QED) is 0.852. The van der Waals surface area contributed by atoms with Crippen LogP contribution in [0.2, 0.25) is 0 Å². The van der Waals surface area contributed by atoms with Gasteiger partial charge in [0.1, 0.15) is 5.01 Å². The van der Waals surface area contributed by atoms with E-state index >= 15 is 0 Å². The summed E-state index contributed by atoms with van der Waals surface area (Å²) in [5.74, 6) is 5.69. The zero-order valence-electron chi connectivity index (χ0n) is 12.1. The molecule has 0 aliphatic heterocycles. The number of benzene rings is 1. The first-order valence-electron chi connectivity index (χ1n) is 6.59. The molecule has 0 bridgehead atoms. The highest BCUT2D eigenvalue weighted by atomic mass is 32.1. The number of rotatable bonds is 3. The van der Waals surface area contributed by atoms with Crippen LogP contribution in [-0.4, -0.2) is 17.4 Å². The maximum absolute atomic E-state index is 12.1. The summed E-state index contributed by atoms with van der Waals surface area (Å²) in [6, 6.07) is 5.46. The lowest BCUT2D eigenvalue weighted by atomic mass is 10.0. The maximum atomic E-state index is 12.1. The van der Waals surface area contributed by atoms with Crippen molar-refractivity contribution in [3.63, 3.8) is 0 Å². The number of nitrogens with two attached hydrogens (primary N) is 1. The lowest BCUT2D eigenvalue weighted by Gasteiger charge is -2.05. The summed E-state index contributed by atoms with van der Waals surface area (Å²) < 4.78 is 0. The van der Waals surface area contributed by atoms with Crippen molar-refractivity contribution in [2.24, 2.45) is 5.73 Å². The molecule has 0 aliphatic carbocycles. The molecule has 0 unspecified atom stereocenters. The second-order valence-electron chi connectivity index (χ2n) is 4.58. The number of hydrogen-bond acceptors (Lipinski definition) is 4. The Balaban J connectivity index is 2.04. The number of amides is 1. The minimum atomic E-state index is -0.107. The van der Waals surface area contributed by atoms with E-state index in [1.54, 1.807) is 23.6 Å². The van der Waals surface area contributed by atoms with Crippen molar-refractivity contribution in [3.8, 4) is 11.8 Å². The molecular weight excluding hydrogens is 282 g/mol. The van der Waals surface area contributed by atoms with Crippen LogP contribution in [0.15, 0.2) is 24.4 Å². The molecule has 3 N–H and O–H groups in total. The second kappa shape index (κ2) is 7.02. The molecule has 5 heteroatoms. The van der Waals surface area contributed by atoms with Crippen molar-refractivity contribution < 1.29 is 4.79 Å². The number of nitrogens with one attached hydrogen (secondary N) is 1. The summed E-state index contributed by atoms with van der Waals surface area (Å²) in [7, 11) is 0. The highest BCUT2D eigenvalue weighted by molar-refractivity contribution is 7.11. The second-order valence-corrected chi connectivity index (χ2v) is 5.90. The van der Waals surface area contributed by atoms with Crippen molar-refractivity contribution >= 4 is 17.2 Å². The molecule has 2 rings (SSSR count). The minimum absolute atomic E-state index is 0.107. The number of thiazole rings is 1. The SMILES string of the molecule is Cc1cnc(CNC(=O)c2ccc(C#CCN)c(C)c2)s1. The molecule has 4 nitrogen and oxygen atoms in total. The Morgan fingerprint density at radius 3 is 2.86 bits per heavy atom. The van der Waals surface area contributed by atoms with Gasteiger partial charge in [0, 0.05) is 22.2 Å². The van der Waals surface area contributed by atoms with Crippen molar-refractivity contribution in [1.82, 2.24) is 10.3 Å². The molecule has 1 aromatic carbocycles. The van der Waals surface area contributed by atoms with Crippen LogP contribution >= 0.6 is 11.3 Å². The van der Waals surface area contributed by atoms with Crippen molar-refractivity contribution in [3.05, 3.63) is 51.0 Å². The molecule has 0 saturated heterocycles. The smallest absolute Gasteiger partial charge is 0.251 e. The molecule has 0 aliphatic rings. The van der Waals surface area contributed by atoms with Gasteiger partial charge in [-0.05, 0) is 37.6 Å². The van der Waals surface area contributed by atoms with Gasteiger partial charge in [-0.1, -0.05) is 11.8 Å². The van der Waals surface area contributed by atoms with E-state index in [0.29, 0.717) is 18.7 Å². The fourth-order valence-corrected chi connectivity index (χ4v) is 2.56. The number of carbonyl (C=O) groups is 1. The average molecular weight is 299 g/mol. The first-order chi connectivity index (χ1) is 10.1. The molecule has 0 fully saturated rings. The van der Waals surface area contributed by atoms with Crippen molar-refractivity contribution in [2.45, 2.75) is 20.4 Å². The predicted molar refractivity (Wildman–Crippen MR) is 85.1 cm³/mol. The van der Waals surface area contributed by atoms with Crippen LogP contribution in [0.5, 0.6) is 0 Å². The molecule has 1 amide bonds. The van der Waals surface area contributed by atoms with Gasteiger partial charge in [-0.3, -0.25) is 4.79 Å². The molecule has 1 aromatic heterocycles. The first kappa shape index (κ1) is 15.2. The van der Waals surface area contributed by atoms with Gasteiger partial charge in [0.15, 0.2) is 0 Å². The normalized spacial score (nSPS) is 9.86. The van der Waals surface area contributed by atoms with E-state index in [0.717, 1.165) is 21.0 Å². The van der Waals surface area contributed by atoms with Gasteiger partial charge in [-0.25, -0.2) is 4.98 Å².